The summed E-state index contributed by atoms with van der Waals surface area (Å²) in [4.78, 5) is 2.34. The zero-order valence-electron chi connectivity index (χ0n) is 44.3. The molecule has 16 aromatic rings. The number of para-hydroxylation sites is 3. The molecule has 0 fully saturated rings. The van der Waals surface area contributed by atoms with Crippen LogP contribution in [0, 0.1) is 0 Å². The average molecular weight is 1030 g/mol. The van der Waals surface area contributed by atoms with Gasteiger partial charge in [0.15, 0.2) is 0 Å². The molecule has 0 spiro atoms. The van der Waals surface area contributed by atoms with Gasteiger partial charge in [-0.2, -0.15) is 0 Å². The number of aromatic nitrogens is 2. The summed E-state index contributed by atoms with van der Waals surface area (Å²) >= 11 is 0. The minimum Gasteiger partial charge on any atom is -0.310 e. The van der Waals surface area contributed by atoms with Gasteiger partial charge in [0.25, 0.3) is 0 Å². The van der Waals surface area contributed by atoms with Crippen molar-refractivity contribution < 1.29 is 0 Å². The summed E-state index contributed by atoms with van der Waals surface area (Å²) in [6, 6.07) is 114. The molecule has 81 heavy (non-hydrogen) atoms. The van der Waals surface area contributed by atoms with E-state index in [1.165, 1.54) is 115 Å². The third kappa shape index (κ3) is 7.89. The monoisotopic (exact) mass is 1030 g/mol. The third-order valence-electron chi connectivity index (χ3n) is 16.6. The average Bonchev–Trinajstić information content (AvgIpc) is 4.27. The summed E-state index contributed by atoms with van der Waals surface area (Å²) < 4.78 is 4.89. The van der Waals surface area contributed by atoms with Crippen LogP contribution in [0.25, 0.3) is 132 Å². The molecule has 0 aliphatic heterocycles. The Balaban J connectivity index is 0.822. The van der Waals surface area contributed by atoms with Gasteiger partial charge in [-0.1, -0.05) is 206 Å². The Morgan fingerprint density at radius 2 is 0.556 bits per heavy atom. The summed E-state index contributed by atoms with van der Waals surface area (Å²) in [6.07, 6.45) is 0. The van der Waals surface area contributed by atoms with Gasteiger partial charge in [0, 0.05) is 49.4 Å². The fourth-order valence-electron chi connectivity index (χ4n) is 12.8. The van der Waals surface area contributed by atoms with E-state index >= 15 is 0 Å². The van der Waals surface area contributed by atoms with Crippen LogP contribution in [0.15, 0.2) is 309 Å². The van der Waals surface area contributed by atoms with Gasteiger partial charge in [-0.15, -0.1) is 0 Å². The molecule has 3 heteroatoms. The molecule has 3 nitrogen and oxygen atoms in total. The van der Waals surface area contributed by atoms with E-state index < -0.39 is 0 Å². The first-order valence-electron chi connectivity index (χ1n) is 27.9. The smallest absolute Gasteiger partial charge is 0.0541 e. The Morgan fingerprint density at radius 1 is 0.185 bits per heavy atom. The van der Waals surface area contributed by atoms with Gasteiger partial charge in [-0.3, -0.25) is 0 Å². The fraction of sp³-hybridized carbons (Fsp3) is 0. The van der Waals surface area contributed by atoms with Gasteiger partial charge >= 0.3 is 0 Å². The van der Waals surface area contributed by atoms with Crippen LogP contribution in [0.5, 0.6) is 0 Å². The molecular weight excluding hydrogens is 979 g/mol. The summed E-state index contributed by atoms with van der Waals surface area (Å²) in [5.74, 6) is 0. The van der Waals surface area contributed by atoms with Crippen LogP contribution in [0.1, 0.15) is 0 Å². The van der Waals surface area contributed by atoms with E-state index in [1.54, 1.807) is 0 Å². The van der Waals surface area contributed by atoms with Gasteiger partial charge in [0.1, 0.15) is 0 Å². The SMILES string of the molecule is c1ccc(N(c2ccc(-c3ccc(-c4cc(-c5ccc6c(c5)c5ccccc5n6-c5cccc6ccccc56)cc(-c5ccc6c(c5)c5ccccc5n6-c5cccc6ccccc56)c4)cc3)cc2)c2ccc3ccccc3c2)cc1. The van der Waals surface area contributed by atoms with Gasteiger partial charge in [0.05, 0.1) is 33.4 Å². The van der Waals surface area contributed by atoms with Crippen LogP contribution in [-0.4, -0.2) is 9.13 Å². The molecular formula is C78H51N3. The largest absolute Gasteiger partial charge is 0.310 e. The Bertz CT molecular complexity index is 4880. The van der Waals surface area contributed by atoms with Crippen molar-refractivity contribution in [3.8, 4) is 55.9 Å². The Hall–Kier alpha value is -10.7. The summed E-state index contributed by atoms with van der Waals surface area (Å²) in [5, 5.41) is 12.3. The Kier molecular flexibility index (Phi) is 10.9. The van der Waals surface area contributed by atoms with Crippen molar-refractivity contribution in [3.63, 3.8) is 0 Å². The highest BCUT2D eigenvalue weighted by molar-refractivity contribution is 6.13. The van der Waals surface area contributed by atoms with Crippen LogP contribution in [0.3, 0.4) is 0 Å². The highest BCUT2D eigenvalue weighted by Gasteiger charge is 2.19. The maximum absolute atomic E-state index is 2.45. The van der Waals surface area contributed by atoms with E-state index in [1.807, 2.05) is 0 Å². The van der Waals surface area contributed by atoms with Gasteiger partial charge in [-0.25, -0.2) is 0 Å². The lowest BCUT2D eigenvalue weighted by Gasteiger charge is -2.26. The zero-order chi connectivity index (χ0) is 53.4. The van der Waals surface area contributed by atoms with Crippen LogP contribution in [0.4, 0.5) is 17.1 Å². The fourth-order valence-corrected chi connectivity index (χ4v) is 12.8. The molecule has 0 saturated heterocycles. The molecule has 0 aliphatic carbocycles. The minimum atomic E-state index is 1.11. The molecule has 0 aliphatic rings. The Morgan fingerprint density at radius 3 is 1.10 bits per heavy atom. The highest BCUT2D eigenvalue weighted by atomic mass is 15.1. The number of anilines is 3. The Labute approximate surface area is 469 Å². The van der Waals surface area contributed by atoms with E-state index in [2.05, 4.69) is 323 Å². The van der Waals surface area contributed by atoms with E-state index in [9.17, 15) is 0 Å². The number of hydrogen-bond acceptors (Lipinski definition) is 1. The second-order valence-corrected chi connectivity index (χ2v) is 21.3. The molecule has 0 unspecified atom stereocenters. The number of nitrogens with zero attached hydrogens (tertiary/aromatic N) is 3. The highest BCUT2D eigenvalue weighted by Crippen LogP contribution is 2.43. The molecule has 0 saturated carbocycles. The molecule has 14 aromatic carbocycles. The predicted octanol–water partition coefficient (Wildman–Crippen LogP) is 21.5. The van der Waals surface area contributed by atoms with Crippen molar-refractivity contribution in [1.29, 1.82) is 0 Å². The van der Waals surface area contributed by atoms with Crippen molar-refractivity contribution in [1.82, 2.24) is 9.13 Å². The van der Waals surface area contributed by atoms with Crippen LogP contribution < -0.4 is 4.90 Å². The summed E-state index contributed by atoms with van der Waals surface area (Å²) in [7, 11) is 0. The molecule has 378 valence electrons. The minimum absolute atomic E-state index is 1.11. The maximum Gasteiger partial charge on any atom is 0.0541 e. The first-order chi connectivity index (χ1) is 40.1. The lowest BCUT2D eigenvalue weighted by Crippen LogP contribution is -2.09. The van der Waals surface area contributed by atoms with Crippen molar-refractivity contribution in [2.24, 2.45) is 0 Å². The second kappa shape index (κ2) is 19.0. The van der Waals surface area contributed by atoms with E-state index in [0.29, 0.717) is 0 Å². The van der Waals surface area contributed by atoms with E-state index in [-0.39, 0.29) is 0 Å². The molecule has 16 rings (SSSR count). The van der Waals surface area contributed by atoms with Gasteiger partial charge in [-0.05, 0) is 169 Å². The van der Waals surface area contributed by atoms with Crippen molar-refractivity contribution >= 4 is 93.0 Å². The summed E-state index contributed by atoms with van der Waals surface area (Å²) in [5.41, 5.74) is 19.8. The number of rotatable bonds is 9. The van der Waals surface area contributed by atoms with Crippen LogP contribution >= 0.6 is 0 Å². The molecule has 0 amide bonds. The molecule has 2 heterocycles. The number of fused-ring (bicyclic) bond motifs is 9. The van der Waals surface area contributed by atoms with Crippen molar-refractivity contribution in [2.75, 3.05) is 4.90 Å². The van der Waals surface area contributed by atoms with Crippen molar-refractivity contribution in [3.05, 3.63) is 309 Å². The van der Waals surface area contributed by atoms with E-state index in [4.69, 9.17) is 0 Å². The maximum atomic E-state index is 2.45. The number of benzene rings is 14. The first kappa shape index (κ1) is 46.4. The summed E-state index contributed by atoms with van der Waals surface area (Å²) in [6.45, 7) is 0. The number of hydrogen-bond donors (Lipinski definition) is 0. The van der Waals surface area contributed by atoms with Gasteiger partial charge < -0.3 is 14.0 Å². The molecule has 0 radical (unpaired) electrons. The second-order valence-electron chi connectivity index (χ2n) is 21.3. The topological polar surface area (TPSA) is 13.1 Å². The normalized spacial score (nSPS) is 11.7. The van der Waals surface area contributed by atoms with Crippen molar-refractivity contribution in [2.45, 2.75) is 0 Å². The standard InChI is InChI=1S/C78H51N3/c1-2-22-64(23-3-1)79(66-43-38-52-16-4-5-19-58(52)49-66)65-41-36-54(37-42-65)53-32-34-55(35-33-53)61-46-62(59-39-44-77-71(50-59)69-26-10-12-28-75(69)80(77)73-30-14-20-56-17-6-8-24-67(56)73)48-63(47-61)60-40-45-78-72(51-60)70-27-11-13-29-76(70)81(78)74-31-15-21-57-18-7-9-25-68(57)74/h1-51H. The molecule has 2 aromatic heterocycles. The van der Waals surface area contributed by atoms with E-state index in [0.717, 1.165) is 33.8 Å². The molecule has 0 bridgehead atoms. The zero-order valence-corrected chi connectivity index (χ0v) is 44.3. The molecule has 0 atom stereocenters. The predicted molar refractivity (Wildman–Crippen MR) is 344 cm³/mol. The van der Waals surface area contributed by atoms with Crippen LogP contribution in [0.2, 0.25) is 0 Å². The van der Waals surface area contributed by atoms with Gasteiger partial charge in [0.2, 0.25) is 0 Å². The quantitative estimate of drug-likeness (QED) is 0.140. The van der Waals surface area contributed by atoms with Crippen LogP contribution in [-0.2, 0) is 0 Å². The molecule has 0 N–H and O–H groups in total. The lowest BCUT2D eigenvalue weighted by atomic mass is 9.91. The first-order valence-corrected chi connectivity index (χ1v) is 27.9. The lowest BCUT2D eigenvalue weighted by molar-refractivity contribution is 1.20. The third-order valence-corrected chi connectivity index (χ3v) is 16.6.